The van der Waals surface area contributed by atoms with Gasteiger partial charge in [0.2, 0.25) is 0 Å². The van der Waals surface area contributed by atoms with Gasteiger partial charge < -0.3 is 10.6 Å². The smallest absolute Gasteiger partial charge is 0.191 e. The quantitative estimate of drug-likeness (QED) is 0.267. The van der Waals surface area contributed by atoms with Gasteiger partial charge in [0.25, 0.3) is 0 Å². The Morgan fingerprint density at radius 2 is 1.71 bits per heavy atom. The zero-order chi connectivity index (χ0) is 21.6. The molecule has 166 valence electrons. The van der Waals surface area contributed by atoms with E-state index in [1.165, 1.54) is 0 Å². The minimum atomic E-state index is -3.33. The van der Waals surface area contributed by atoms with Gasteiger partial charge in [-0.05, 0) is 43.7 Å². The number of hydrogen-bond donors (Lipinski definition) is 2. The van der Waals surface area contributed by atoms with Crippen molar-refractivity contribution < 1.29 is 8.42 Å². The van der Waals surface area contributed by atoms with E-state index in [0.717, 1.165) is 22.6 Å². The molecule has 7 nitrogen and oxygen atoms in total. The Labute approximate surface area is 200 Å². The average molecular weight is 553 g/mol. The number of aliphatic imine (C=N–C) groups is 1. The van der Waals surface area contributed by atoms with Crippen LogP contribution in [0.4, 0.5) is 0 Å². The molecule has 0 bridgehead atoms. The lowest BCUT2D eigenvalue weighted by molar-refractivity contribution is 0.594. The van der Waals surface area contributed by atoms with Crippen LogP contribution in [0.25, 0.3) is 5.69 Å². The number of nitrogens with zero attached hydrogens (tertiary/aromatic N) is 3. The average Bonchev–Trinajstić information content (AvgIpc) is 3.09. The molecule has 3 aromatic rings. The van der Waals surface area contributed by atoms with Crippen LogP contribution in [0.3, 0.4) is 0 Å². The van der Waals surface area contributed by atoms with E-state index in [2.05, 4.69) is 20.7 Å². The summed E-state index contributed by atoms with van der Waals surface area (Å²) in [5.74, 6) is 0.529. The Bertz CT molecular complexity index is 1130. The molecule has 0 saturated carbocycles. The Kier molecular flexibility index (Phi) is 9.05. The Hall–Kier alpha value is -2.40. The van der Waals surface area contributed by atoms with Gasteiger partial charge in [-0.15, -0.1) is 24.0 Å². The highest BCUT2D eigenvalue weighted by molar-refractivity contribution is 14.0. The number of sulfone groups is 1. The zero-order valence-electron chi connectivity index (χ0n) is 17.9. The molecule has 2 aromatic carbocycles. The van der Waals surface area contributed by atoms with Crippen LogP contribution >= 0.6 is 24.0 Å². The zero-order valence-corrected chi connectivity index (χ0v) is 21.0. The maximum Gasteiger partial charge on any atom is 0.191 e. The number of rotatable bonds is 7. The number of para-hydroxylation sites is 1. The molecule has 0 amide bonds. The van der Waals surface area contributed by atoms with Crippen LogP contribution in [-0.4, -0.2) is 43.5 Å². The fourth-order valence-electron chi connectivity index (χ4n) is 3.19. The van der Waals surface area contributed by atoms with E-state index < -0.39 is 9.84 Å². The first-order chi connectivity index (χ1) is 14.4. The molecule has 1 aromatic heterocycles. The second-order valence-corrected chi connectivity index (χ2v) is 9.06. The van der Waals surface area contributed by atoms with Gasteiger partial charge in [-0.2, -0.15) is 5.10 Å². The fourth-order valence-corrected chi connectivity index (χ4v) is 4.37. The Balaban J connectivity index is 0.00000341. The molecular weight excluding hydrogens is 525 g/mol. The third-order valence-electron chi connectivity index (χ3n) is 4.66. The number of hydrogen-bond acceptors (Lipinski definition) is 4. The molecule has 2 N–H and O–H groups in total. The lowest BCUT2D eigenvalue weighted by Crippen LogP contribution is -2.39. The first-order valence-electron chi connectivity index (χ1n) is 9.74. The van der Waals surface area contributed by atoms with E-state index in [1.807, 2.05) is 48.9 Å². The molecule has 0 aliphatic rings. The molecule has 0 radical (unpaired) electrons. The number of guanidine groups is 1. The minimum absolute atomic E-state index is 0. The molecule has 1 heterocycles. The molecule has 0 aliphatic carbocycles. The molecule has 0 spiro atoms. The maximum atomic E-state index is 12.4. The van der Waals surface area contributed by atoms with Gasteiger partial charge >= 0.3 is 0 Å². The molecule has 9 heteroatoms. The molecule has 0 fully saturated rings. The van der Waals surface area contributed by atoms with Gasteiger partial charge in [-0.1, -0.05) is 36.4 Å². The van der Waals surface area contributed by atoms with E-state index in [0.29, 0.717) is 17.4 Å². The summed E-state index contributed by atoms with van der Waals surface area (Å²) in [6.07, 6.45) is 0. The molecular formula is C22H28IN5O2S. The fraction of sp³-hybridized carbons (Fsp3) is 0.273. The standard InChI is InChI=1S/C22H27N5O2S.HI/c1-17-15-18(2)27(26-17)21-12-8-7-9-19(21)16-25-22(23-3)24-13-14-30(28,29)20-10-5-4-6-11-20;/h4-12,15H,13-14,16H2,1-3H3,(H2,23,24,25);1H. The van der Waals surface area contributed by atoms with Crippen LogP contribution in [0.1, 0.15) is 17.0 Å². The normalized spacial score (nSPS) is 11.6. The Morgan fingerprint density at radius 1 is 1.03 bits per heavy atom. The third-order valence-corrected chi connectivity index (χ3v) is 6.40. The SMILES string of the molecule is CN=C(NCCS(=O)(=O)c1ccccc1)NCc1ccccc1-n1nc(C)cc1C.I. The van der Waals surface area contributed by atoms with Crippen molar-refractivity contribution in [2.24, 2.45) is 4.99 Å². The van der Waals surface area contributed by atoms with Crippen molar-refractivity contribution in [1.82, 2.24) is 20.4 Å². The van der Waals surface area contributed by atoms with Crippen molar-refractivity contribution in [1.29, 1.82) is 0 Å². The van der Waals surface area contributed by atoms with Crippen molar-refractivity contribution in [3.8, 4) is 5.69 Å². The van der Waals surface area contributed by atoms with E-state index in [1.54, 1.807) is 37.4 Å². The third kappa shape index (κ3) is 6.54. The highest BCUT2D eigenvalue weighted by Gasteiger charge is 2.14. The van der Waals surface area contributed by atoms with E-state index >= 15 is 0 Å². The first kappa shape index (κ1) is 24.9. The van der Waals surface area contributed by atoms with Gasteiger partial charge in [-0.3, -0.25) is 4.99 Å². The van der Waals surface area contributed by atoms with Gasteiger partial charge in [0, 0.05) is 25.8 Å². The van der Waals surface area contributed by atoms with E-state index in [9.17, 15) is 8.42 Å². The predicted octanol–water partition coefficient (Wildman–Crippen LogP) is 3.25. The van der Waals surface area contributed by atoms with Crippen LogP contribution < -0.4 is 10.6 Å². The largest absolute Gasteiger partial charge is 0.355 e. The molecule has 0 unspecified atom stereocenters. The number of aromatic nitrogens is 2. The lowest BCUT2D eigenvalue weighted by atomic mass is 10.1. The van der Waals surface area contributed by atoms with Gasteiger partial charge in [0.15, 0.2) is 15.8 Å². The summed E-state index contributed by atoms with van der Waals surface area (Å²) in [5, 5.41) is 10.9. The molecule has 0 saturated heterocycles. The van der Waals surface area contributed by atoms with E-state index in [4.69, 9.17) is 0 Å². The summed E-state index contributed by atoms with van der Waals surface area (Å²) < 4.78 is 26.7. The highest BCUT2D eigenvalue weighted by atomic mass is 127. The van der Waals surface area contributed by atoms with Crippen LogP contribution in [0.5, 0.6) is 0 Å². The number of halogens is 1. The summed E-state index contributed by atoms with van der Waals surface area (Å²) in [6, 6.07) is 18.5. The van der Waals surface area contributed by atoms with Gasteiger partial charge in [-0.25, -0.2) is 13.1 Å². The van der Waals surface area contributed by atoms with Crippen LogP contribution in [0, 0.1) is 13.8 Å². The first-order valence-corrected chi connectivity index (χ1v) is 11.4. The van der Waals surface area contributed by atoms with Crippen molar-refractivity contribution in [3.05, 3.63) is 77.6 Å². The van der Waals surface area contributed by atoms with Crippen LogP contribution in [0.15, 0.2) is 70.6 Å². The summed E-state index contributed by atoms with van der Waals surface area (Å²) in [5.41, 5.74) is 4.09. The van der Waals surface area contributed by atoms with Crippen molar-refractivity contribution >= 4 is 39.8 Å². The predicted molar refractivity (Wildman–Crippen MR) is 135 cm³/mol. The van der Waals surface area contributed by atoms with Gasteiger partial charge in [0.1, 0.15) is 0 Å². The van der Waals surface area contributed by atoms with Crippen molar-refractivity contribution in [3.63, 3.8) is 0 Å². The van der Waals surface area contributed by atoms with Crippen LogP contribution in [-0.2, 0) is 16.4 Å². The molecule has 0 atom stereocenters. The topological polar surface area (TPSA) is 88.4 Å². The van der Waals surface area contributed by atoms with Crippen molar-refractivity contribution in [2.75, 3.05) is 19.3 Å². The molecule has 3 rings (SSSR count). The number of benzene rings is 2. The van der Waals surface area contributed by atoms with E-state index in [-0.39, 0.29) is 36.3 Å². The monoisotopic (exact) mass is 553 g/mol. The van der Waals surface area contributed by atoms with Gasteiger partial charge in [0.05, 0.1) is 22.0 Å². The summed E-state index contributed by atoms with van der Waals surface area (Å²) in [7, 11) is -1.67. The molecule has 31 heavy (non-hydrogen) atoms. The summed E-state index contributed by atoms with van der Waals surface area (Å²) in [4.78, 5) is 4.52. The second-order valence-electron chi connectivity index (χ2n) is 6.95. The lowest BCUT2D eigenvalue weighted by Gasteiger charge is -2.15. The van der Waals surface area contributed by atoms with Crippen molar-refractivity contribution in [2.45, 2.75) is 25.3 Å². The van der Waals surface area contributed by atoms with Crippen LogP contribution in [0.2, 0.25) is 0 Å². The maximum absolute atomic E-state index is 12.4. The molecule has 0 aliphatic heterocycles. The summed E-state index contributed by atoms with van der Waals surface area (Å²) in [6.45, 7) is 4.78. The Morgan fingerprint density at radius 3 is 2.35 bits per heavy atom. The highest BCUT2D eigenvalue weighted by Crippen LogP contribution is 2.17. The second kappa shape index (κ2) is 11.3. The number of nitrogens with one attached hydrogen (secondary N) is 2. The summed E-state index contributed by atoms with van der Waals surface area (Å²) >= 11 is 0. The number of aryl methyl sites for hydroxylation is 2. The minimum Gasteiger partial charge on any atom is -0.355 e.